The molecule has 0 N–H and O–H groups in total. The summed E-state index contributed by atoms with van der Waals surface area (Å²) in [5.74, 6) is 0.475. The Labute approximate surface area is 234 Å². The number of halogens is 2. The van der Waals surface area contributed by atoms with Gasteiger partial charge in [0, 0.05) is 0 Å². The van der Waals surface area contributed by atoms with Crippen molar-refractivity contribution in [3.05, 3.63) is 141 Å². The zero-order chi connectivity index (χ0) is 23.1. The predicted molar refractivity (Wildman–Crippen MR) is 157 cm³/mol. The van der Waals surface area contributed by atoms with Gasteiger partial charge in [0.1, 0.15) is 0 Å². The molecule has 0 bridgehead atoms. The van der Waals surface area contributed by atoms with Crippen molar-refractivity contribution in [3.8, 4) is 11.1 Å². The van der Waals surface area contributed by atoms with Crippen LogP contribution in [0.2, 0.25) is 0 Å². The molecule has 1 unspecified atom stereocenters. The number of hydrogen-bond donors (Lipinski definition) is 0. The summed E-state index contributed by atoms with van der Waals surface area (Å²) in [6, 6.07) is 38.1. The van der Waals surface area contributed by atoms with Gasteiger partial charge in [0.15, 0.2) is 0 Å². The molecular formula is C33H30Cl2Zr. The van der Waals surface area contributed by atoms with Gasteiger partial charge >= 0.3 is 211 Å². The molecule has 0 spiro atoms. The third-order valence-corrected chi connectivity index (χ3v) is 15.3. The molecule has 3 heteroatoms. The Morgan fingerprint density at radius 1 is 0.722 bits per heavy atom. The number of allylic oxidation sites excluding steroid dienone is 4. The summed E-state index contributed by atoms with van der Waals surface area (Å²) in [7, 11) is 0. The van der Waals surface area contributed by atoms with Crippen LogP contribution in [0.3, 0.4) is 0 Å². The van der Waals surface area contributed by atoms with E-state index in [9.17, 15) is 0 Å². The molecule has 0 fully saturated rings. The number of fused-ring (bicyclic) bond motifs is 3. The van der Waals surface area contributed by atoms with E-state index in [-0.39, 0.29) is 24.8 Å². The Kier molecular flexibility index (Phi) is 8.46. The monoisotopic (exact) mass is 586 g/mol. The van der Waals surface area contributed by atoms with Gasteiger partial charge in [-0.3, -0.25) is 0 Å². The average molecular weight is 589 g/mol. The molecule has 180 valence electrons. The Hall–Kier alpha value is -2.31. The van der Waals surface area contributed by atoms with E-state index in [1.807, 2.05) is 0 Å². The largest absolute Gasteiger partial charge is 0.147 e. The normalized spacial score (nSPS) is 16.0. The van der Waals surface area contributed by atoms with Crippen molar-refractivity contribution in [1.82, 2.24) is 0 Å². The van der Waals surface area contributed by atoms with Crippen LogP contribution in [0.5, 0.6) is 0 Å². The summed E-state index contributed by atoms with van der Waals surface area (Å²) in [6.07, 6.45) is 6.10. The first-order valence-electron chi connectivity index (χ1n) is 12.2. The van der Waals surface area contributed by atoms with Gasteiger partial charge in [-0.1, -0.05) is 0 Å². The smallest absolute Gasteiger partial charge is 0.147 e. The maximum absolute atomic E-state index is 2.54. The molecule has 4 aromatic carbocycles. The minimum Gasteiger partial charge on any atom is -0.147 e. The van der Waals surface area contributed by atoms with Crippen LogP contribution in [0.4, 0.5) is 0 Å². The summed E-state index contributed by atoms with van der Waals surface area (Å²) in [4.78, 5) is 0. The second kappa shape index (κ2) is 11.4. The van der Waals surface area contributed by atoms with E-state index < -0.39 is 21.3 Å². The van der Waals surface area contributed by atoms with Crippen molar-refractivity contribution < 1.29 is 21.3 Å². The average Bonchev–Trinajstić information content (AvgIpc) is 3.46. The molecule has 1 atom stereocenters. The zero-order valence-corrected chi connectivity index (χ0v) is 24.7. The fraction of sp³-hybridized carbons (Fsp3) is 0.121. The Morgan fingerprint density at radius 2 is 1.36 bits per heavy atom. The fourth-order valence-corrected chi connectivity index (χ4v) is 13.6. The SMILES string of the molecule is C/[C](c1ccccc1)=[Zr](\[C]1=CC(c2ccccc2)=CC1C)[c]1cccc2c1Cc1ccccc1-2.Cl.Cl. The topological polar surface area (TPSA) is 0 Å². The maximum Gasteiger partial charge on any atom is -0.147 e. The van der Waals surface area contributed by atoms with Crippen molar-refractivity contribution in [2.75, 3.05) is 0 Å². The van der Waals surface area contributed by atoms with Crippen LogP contribution in [0.15, 0.2) is 119 Å². The van der Waals surface area contributed by atoms with Gasteiger partial charge in [-0.05, 0) is 0 Å². The van der Waals surface area contributed by atoms with Gasteiger partial charge in [-0.25, -0.2) is 0 Å². The van der Waals surface area contributed by atoms with Crippen LogP contribution in [0.1, 0.15) is 36.1 Å². The number of benzene rings is 4. The van der Waals surface area contributed by atoms with Crippen LogP contribution in [0.25, 0.3) is 16.7 Å². The van der Waals surface area contributed by atoms with Crippen molar-refractivity contribution in [2.24, 2.45) is 5.92 Å². The molecule has 0 saturated heterocycles. The first kappa shape index (κ1) is 26.7. The minimum atomic E-state index is -2.42. The Morgan fingerprint density at radius 3 is 2.11 bits per heavy atom. The van der Waals surface area contributed by atoms with Gasteiger partial charge in [0.2, 0.25) is 0 Å². The Balaban J connectivity index is 0.00000152. The second-order valence-electron chi connectivity index (χ2n) is 9.41. The van der Waals surface area contributed by atoms with Gasteiger partial charge in [0.25, 0.3) is 0 Å². The quantitative estimate of drug-likeness (QED) is 0.199. The third kappa shape index (κ3) is 4.82. The fourth-order valence-electron chi connectivity index (χ4n) is 5.61. The van der Waals surface area contributed by atoms with E-state index in [1.54, 1.807) is 15.3 Å². The molecule has 2 aliphatic carbocycles. The van der Waals surface area contributed by atoms with Crippen LogP contribution in [0, 0.1) is 5.92 Å². The summed E-state index contributed by atoms with van der Waals surface area (Å²) < 4.78 is 4.96. The molecule has 4 aromatic rings. The summed E-state index contributed by atoms with van der Waals surface area (Å²) in [5.41, 5.74) is 10.1. The first-order valence-corrected chi connectivity index (χ1v) is 15.9. The predicted octanol–water partition coefficient (Wildman–Crippen LogP) is 8.20. The van der Waals surface area contributed by atoms with Crippen molar-refractivity contribution in [1.29, 1.82) is 0 Å². The van der Waals surface area contributed by atoms with E-state index in [2.05, 4.69) is 129 Å². The molecule has 0 saturated carbocycles. The van der Waals surface area contributed by atoms with Gasteiger partial charge in [-0.2, -0.15) is 0 Å². The van der Waals surface area contributed by atoms with E-state index >= 15 is 0 Å². The third-order valence-electron chi connectivity index (χ3n) is 7.33. The summed E-state index contributed by atoms with van der Waals surface area (Å²) >= 11 is -2.42. The van der Waals surface area contributed by atoms with Gasteiger partial charge in [0.05, 0.1) is 0 Å². The molecule has 0 nitrogen and oxygen atoms in total. The van der Waals surface area contributed by atoms with Gasteiger partial charge in [-0.15, -0.1) is 24.8 Å². The van der Waals surface area contributed by atoms with E-state index in [1.165, 1.54) is 33.4 Å². The van der Waals surface area contributed by atoms with Crippen LogP contribution in [-0.2, 0) is 27.7 Å². The van der Waals surface area contributed by atoms with E-state index in [0.717, 1.165) is 6.42 Å². The summed E-state index contributed by atoms with van der Waals surface area (Å²) in [5, 5.41) is 0. The van der Waals surface area contributed by atoms with Crippen LogP contribution in [-0.4, -0.2) is 3.21 Å². The zero-order valence-electron chi connectivity index (χ0n) is 20.6. The molecule has 0 radical (unpaired) electrons. The van der Waals surface area contributed by atoms with E-state index in [0.29, 0.717) is 5.92 Å². The van der Waals surface area contributed by atoms with Gasteiger partial charge < -0.3 is 0 Å². The first-order chi connectivity index (χ1) is 16.7. The maximum atomic E-state index is 2.54. The van der Waals surface area contributed by atoms with E-state index in [4.69, 9.17) is 0 Å². The minimum absolute atomic E-state index is 0. The van der Waals surface area contributed by atoms with Crippen LogP contribution < -0.4 is 3.27 Å². The molecule has 0 amide bonds. The van der Waals surface area contributed by atoms with Crippen LogP contribution >= 0.6 is 24.8 Å². The number of hydrogen-bond acceptors (Lipinski definition) is 0. The molecule has 6 rings (SSSR count). The standard InChI is InChI=1S/C13H9.C12H11.C8H8.2ClH.Zr/c1-3-7-12-10(5-1)9-11-6-2-4-8-13(11)12;1-10-7-8-12(9-10)11-5-3-2-4-6-11;1-2-8-6-4-3-5-7-8;;;/h1-5,7-8H,9H2;2-6,8-10H,1H3;3-7H,1H3;2*1H;. The Bertz CT molecular complexity index is 1480. The molecule has 0 aliphatic heterocycles. The molecular weight excluding hydrogens is 558 g/mol. The molecule has 2 aliphatic rings. The molecule has 0 aromatic heterocycles. The molecule has 36 heavy (non-hydrogen) atoms. The second-order valence-corrected chi connectivity index (χ2v) is 15.8. The number of rotatable bonds is 4. The van der Waals surface area contributed by atoms with Crippen molar-refractivity contribution in [2.45, 2.75) is 20.3 Å². The van der Waals surface area contributed by atoms with Crippen molar-refractivity contribution in [3.63, 3.8) is 0 Å². The molecule has 0 heterocycles. The summed E-state index contributed by atoms with van der Waals surface area (Å²) in [6.45, 7) is 4.82. The van der Waals surface area contributed by atoms with Crippen molar-refractivity contribution >= 4 is 36.9 Å².